The lowest BCUT2D eigenvalue weighted by Gasteiger charge is -2.11. The van der Waals surface area contributed by atoms with Gasteiger partial charge in [0.05, 0.1) is 0 Å². The van der Waals surface area contributed by atoms with Crippen LogP contribution in [0.25, 0.3) is 11.2 Å². The summed E-state index contributed by atoms with van der Waals surface area (Å²) in [6.07, 6.45) is 6.80. The van der Waals surface area contributed by atoms with Gasteiger partial charge in [0.1, 0.15) is 11.3 Å². The summed E-state index contributed by atoms with van der Waals surface area (Å²) in [4.78, 5) is 12.8. The van der Waals surface area contributed by atoms with Gasteiger partial charge in [-0.2, -0.15) is 0 Å². The molecular weight excluding hydrogens is 226 g/mol. The average molecular weight is 243 g/mol. The van der Waals surface area contributed by atoms with Crippen molar-refractivity contribution in [3.63, 3.8) is 0 Å². The Labute approximate surface area is 106 Å². The Morgan fingerprint density at radius 3 is 2.94 bits per heavy atom. The Morgan fingerprint density at radius 2 is 2.11 bits per heavy atom. The quantitative estimate of drug-likeness (QED) is 0.855. The molecule has 2 heterocycles. The van der Waals surface area contributed by atoms with E-state index in [9.17, 15) is 0 Å². The molecule has 1 aliphatic carbocycles. The van der Waals surface area contributed by atoms with E-state index in [4.69, 9.17) is 5.73 Å². The zero-order chi connectivity index (χ0) is 12.4. The molecule has 5 heteroatoms. The van der Waals surface area contributed by atoms with Crippen molar-refractivity contribution >= 4 is 17.0 Å². The first kappa shape index (κ1) is 11.3. The first-order valence-corrected chi connectivity index (χ1v) is 6.38. The minimum atomic E-state index is 0.382. The van der Waals surface area contributed by atoms with Gasteiger partial charge in [-0.15, -0.1) is 0 Å². The Bertz CT molecular complexity index is 542. The highest BCUT2D eigenvalue weighted by Crippen LogP contribution is 2.24. The normalized spacial score (nSPS) is 23.4. The van der Waals surface area contributed by atoms with E-state index in [1.54, 1.807) is 12.4 Å². The summed E-state index contributed by atoms with van der Waals surface area (Å²) >= 11 is 0. The average Bonchev–Trinajstić information content (AvgIpc) is 2.82. The van der Waals surface area contributed by atoms with Crippen molar-refractivity contribution in [1.82, 2.24) is 15.0 Å². The Hall–Kier alpha value is -1.75. The highest BCUT2D eigenvalue weighted by Gasteiger charge is 2.21. The number of nitrogens with one attached hydrogen (secondary N) is 1. The Balaban J connectivity index is 1.67. The van der Waals surface area contributed by atoms with Crippen molar-refractivity contribution < 1.29 is 0 Å². The molecule has 0 radical (unpaired) electrons. The molecule has 94 valence electrons. The fraction of sp³-hybridized carbons (Fsp3) is 0.462. The van der Waals surface area contributed by atoms with E-state index in [1.807, 2.05) is 12.1 Å². The van der Waals surface area contributed by atoms with Gasteiger partial charge in [-0.25, -0.2) is 9.97 Å². The molecule has 1 fully saturated rings. The summed E-state index contributed by atoms with van der Waals surface area (Å²) < 4.78 is 0. The minimum Gasteiger partial charge on any atom is -0.370 e. The van der Waals surface area contributed by atoms with Crippen LogP contribution in [0.2, 0.25) is 0 Å². The second-order valence-electron chi connectivity index (χ2n) is 4.92. The molecular formula is C13H17N5. The number of aromatic nitrogens is 3. The molecule has 0 saturated heterocycles. The number of pyridine rings is 1. The van der Waals surface area contributed by atoms with E-state index >= 15 is 0 Å². The zero-order valence-corrected chi connectivity index (χ0v) is 10.2. The topological polar surface area (TPSA) is 76.7 Å². The molecule has 1 saturated carbocycles. The molecule has 2 atom stereocenters. The predicted octanol–water partition coefficient (Wildman–Crippen LogP) is 1.56. The third-order valence-corrected chi connectivity index (χ3v) is 3.49. The van der Waals surface area contributed by atoms with Crippen LogP contribution in [0, 0.1) is 5.92 Å². The smallest absolute Gasteiger partial charge is 0.180 e. The predicted molar refractivity (Wildman–Crippen MR) is 71.1 cm³/mol. The van der Waals surface area contributed by atoms with Gasteiger partial charge in [0.2, 0.25) is 0 Å². The van der Waals surface area contributed by atoms with Crippen molar-refractivity contribution in [3.05, 3.63) is 24.5 Å². The van der Waals surface area contributed by atoms with Crippen molar-refractivity contribution in [2.75, 3.05) is 11.9 Å². The largest absolute Gasteiger partial charge is 0.370 e. The highest BCUT2D eigenvalue weighted by atomic mass is 15.0. The van der Waals surface area contributed by atoms with Gasteiger partial charge in [0.25, 0.3) is 0 Å². The Kier molecular flexibility index (Phi) is 3.06. The minimum absolute atomic E-state index is 0.382. The molecule has 0 aliphatic heterocycles. The summed E-state index contributed by atoms with van der Waals surface area (Å²) in [5, 5.41) is 3.36. The second kappa shape index (κ2) is 4.86. The number of nitrogens with two attached hydrogens (primary N) is 1. The van der Waals surface area contributed by atoms with Crippen LogP contribution < -0.4 is 11.1 Å². The van der Waals surface area contributed by atoms with Crippen molar-refractivity contribution in [2.45, 2.75) is 25.3 Å². The summed E-state index contributed by atoms with van der Waals surface area (Å²) in [7, 11) is 0. The van der Waals surface area contributed by atoms with Crippen LogP contribution >= 0.6 is 0 Å². The fourth-order valence-corrected chi connectivity index (χ4v) is 2.50. The molecule has 0 aromatic carbocycles. The van der Waals surface area contributed by atoms with Crippen LogP contribution in [-0.2, 0) is 0 Å². The molecule has 3 N–H and O–H groups in total. The molecule has 1 aliphatic rings. The number of rotatable bonds is 3. The van der Waals surface area contributed by atoms with Crippen LogP contribution in [0.4, 0.5) is 5.82 Å². The molecule has 2 aromatic heterocycles. The second-order valence-corrected chi connectivity index (χ2v) is 4.92. The van der Waals surface area contributed by atoms with Gasteiger partial charge in [0, 0.05) is 25.0 Å². The monoisotopic (exact) mass is 243 g/mol. The van der Waals surface area contributed by atoms with Crippen LogP contribution in [0.3, 0.4) is 0 Å². The van der Waals surface area contributed by atoms with Gasteiger partial charge >= 0.3 is 0 Å². The van der Waals surface area contributed by atoms with Gasteiger partial charge in [-0.3, -0.25) is 4.98 Å². The first-order valence-electron chi connectivity index (χ1n) is 6.38. The van der Waals surface area contributed by atoms with Crippen LogP contribution in [-0.4, -0.2) is 27.5 Å². The number of nitrogens with zero attached hydrogens (tertiary/aromatic N) is 3. The maximum atomic E-state index is 5.91. The number of hydrogen-bond donors (Lipinski definition) is 2. The lowest BCUT2D eigenvalue weighted by atomic mass is 10.1. The van der Waals surface area contributed by atoms with E-state index in [0.29, 0.717) is 17.6 Å². The lowest BCUT2D eigenvalue weighted by molar-refractivity contribution is 0.565. The third kappa shape index (κ3) is 2.41. The summed E-state index contributed by atoms with van der Waals surface area (Å²) in [5.74, 6) is 1.53. The number of fused-ring (bicyclic) bond motifs is 1. The van der Waals surface area contributed by atoms with E-state index in [-0.39, 0.29) is 0 Å². The number of anilines is 1. The van der Waals surface area contributed by atoms with Crippen LogP contribution in [0.15, 0.2) is 24.5 Å². The van der Waals surface area contributed by atoms with Crippen molar-refractivity contribution in [1.29, 1.82) is 0 Å². The molecule has 0 spiro atoms. The summed E-state index contributed by atoms with van der Waals surface area (Å²) in [6.45, 7) is 0.937. The van der Waals surface area contributed by atoms with E-state index in [1.165, 1.54) is 6.42 Å². The summed E-state index contributed by atoms with van der Waals surface area (Å²) in [6, 6.07) is 4.27. The zero-order valence-electron chi connectivity index (χ0n) is 10.2. The third-order valence-electron chi connectivity index (χ3n) is 3.49. The Morgan fingerprint density at radius 1 is 1.22 bits per heavy atom. The highest BCUT2D eigenvalue weighted by molar-refractivity contribution is 5.71. The van der Waals surface area contributed by atoms with Crippen molar-refractivity contribution in [2.24, 2.45) is 11.7 Å². The number of hydrogen-bond acceptors (Lipinski definition) is 5. The lowest BCUT2D eigenvalue weighted by Crippen LogP contribution is -2.18. The van der Waals surface area contributed by atoms with Gasteiger partial charge in [0.15, 0.2) is 5.65 Å². The van der Waals surface area contributed by atoms with Gasteiger partial charge in [-0.1, -0.05) is 0 Å². The standard InChI is InChI=1S/C13H17N5/c14-10-2-1-9(7-10)8-17-12-4-3-11-13(18-12)16-6-5-15-11/h3-6,9-10H,1-2,7-8,14H2,(H,16,17,18). The first-order chi connectivity index (χ1) is 8.81. The maximum Gasteiger partial charge on any atom is 0.180 e. The molecule has 2 unspecified atom stereocenters. The summed E-state index contributed by atoms with van der Waals surface area (Å²) in [5.41, 5.74) is 7.42. The SMILES string of the molecule is NC1CCC(CNc2ccc3nccnc3n2)C1. The maximum absolute atomic E-state index is 5.91. The van der Waals surface area contributed by atoms with E-state index < -0.39 is 0 Å². The fourth-order valence-electron chi connectivity index (χ4n) is 2.50. The molecule has 2 aromatic rings. The van der Waals surface area contributed by atoms with Crippen LogP contribution in [0.5, 0.6) is 0 Å². The molecule has 5 nitrogen and oxygen atoms in total. The van der Waals surface area contributed by atoms with Gasteiger partial charge in [-0.05, 0) is 37.3 Å². The molecule has 18 heavy (non-hydrogen) atoms. The van der Waals surface area contributed by atoms with E-state index in [0.717, 1.165) is 30.7 Å². The molecule has 3 rings (SSSR count). The molecule has 0 bridgehead atoms. The van der Waals surface area contributed by atoms with Crippen molar-refractivity contribution in [3.8, 4) is 0 Å². The van der Waals surface area contributed by atoms with Crippen LogP contribution in [0.1, 0.15) is 19.3 Å². The van der Waals surface area contributed by atoms with E-state index in [2.05, 4.69) is 20.3 Å². The molecule has 0 amide bonds. The van der Waals surface area contributed by atoms with Gasteiger partial charge < -0.3 is 11.1 Å².